The second kappa shape index (κ2) is 8.19. The molecule has 1 fully saturated rings. The SMILES string of the molecule is C[C@@H](c1nc(N)nc(Nc2ccccc2)n1)N1CCN(CCO)CC1. The smallest absolute Gasteiger partial charge is 0.232 e. The minimum absolute atomic E-state index is 0.0536. The van der Waals surface area contributed by atoms with Gasteiger partial charge in [-0.15, -0.1) is 0 Å². The molecule has 2 heterocycles. The number of benzene rings is 1. The summed E-state index contributed by atoms with van der Waals surface area (Å²) in [5, 5.41) is 12.2. The van der Waals surface area contributed by atoms with E-state index in [-0.39, 0.29) is 18.6 Å². The minimum Gasteiger partial charge on any atom is -0.395 e. The van der Waals surface area contributed by atoms with Crippen molar-refractivity contribution >= 4 is 17.6 Å². The summed E-state index contributed by atoms with van der Waals surface area (Å²) in [6.45, 7) is 6.70. The molecule has 1 saturated heterocycles. The first-order chi connectivity index (χ1) is 12.2. The van der Waals surface area contributed by atoms with Crippen molar-refractivity contribution in [1.29, 1.82) is 0 Å². The molecule has 0 unspecified atom stereocenters. The lowest BCUT2D eigenvalue weighted by atomic mass is 10.2. The van der Waals surface area contributed by atoms with Gasteiger partial charge in [-0.2, -0.15) is 15.0 Å². The average Bonchev–Trinajstić information content (AvgIpc) is 2.62. The third-order valence-corrected chi connectivity index (χ3v) is 4.44. The van der Waals surface area contributed by atoms with E-state index in [2.05, 4.69) is 37.0 Å². The van der Waals surface area contributed by atoms with Gasteiger partial charge in [0.25, 0.3) is 0 Å². The first-order valence-corrected chi connectivity index (χ1v) is 8.56. The first-order valence-electron chi connectivity index (χ1n) is 8.56. The number of aliphatic hydroxyl groups is 1. The highest BCUT2D eigenvalue weighted by Crippen LogP contribution is 2.21. The fourth-order valence-corrected chi connectivity index (χ4v) is 2.98. The molecule has 3 rings (SSSR count). The molecule has 0 spiro atoms. The number of para-hydroxylation sites is 1. The third kappa shape index (κ3) is 4.62. The Labute approximate surface area is 147 Å². The van der Waals surface area contributed by atoms with E-state index in [0.717, 1.165) is 38.4 Å². The molecule has 1 aromatic heterocycles. The average molecular weight is 343 g/mol. The van der Waals surface area contributed by atoms with Gasteiger partial charge in [0.15, 0.2) is 5.82 Å². The molecule has 1 aliphatic rings. The maximum atomic E-state index is 9.05. The molecule has 8 nitrogen and oxygen atoms in total. The van der Waals surface area contributed by atoms with Gasteiger partial charge >= 0.3 is 0 Å². The molecular weight excluding hydrogens is 318 g/mol. The first kappa shape index (κ1) is 17.5. The molecule has 1 aliphatic heterocycles. The van der Waals surface area contributed by atoms with Gasteiger partial charge in [-0.3, -0.25) is 9.80 Å². The van der Waals surface area contributed by atoms with E-state index in [1.54, 1.807) is 0 Å². The number of aromatic nitrogens is 3. The predicted molar refractivity (Wildman–Crippen MR) is 97.5 cm³/mol. The normalized spacial score (nSPS) is 17.4. The molecular formula is C17H25N7O. The highest BCUT2D eigenvalue weighted by atomic mass is 16.3. The van der Waals surface area contributed by atoms with E-state index in [1.807, 2.05) is 30.3 Å². The second-order valence-electron chi connectivity index (χ2n) is 6.14. The van der Waals surface area contributed by atoms with E-state index in [1.165, 1.54) is 0 Å². The zero-order valence-corrected chi connectivity index (χ0v) is 14.5. The Morgan fingerprint density at radius 2 is 1.84 bits per heavy atom. The van der Waals surface area contributed by atoms with Gasteiger partial charge in [-0.05, 0) is 19.1 Å². The summed E-state index contributed by atoms with van der Waals surface area (Å²) >= 11 is 0. The van der Waals surface area contributed by atoms with Crippen LogP contribution in [0.2, 0.25) is 0 Å². The van der Waals surface area contributed by atoms with E-state index in [0.29, 0.717) is 11.8 Å². The lowest BCUT2D eigenvalue weighted by Crippen LogP contribution is -2.48. The van der Waals surface area contributed by atoms with Crippen molar-refractivity contribution in [2.24, 2.45) is 0 Å². The monoisotopic (exact) mass is 343 g/mol. The molecule has 0 radical (unpaired) electrons. The number of hydrogen-bond donors (Lipinski definition) is 3. The molecule has 2 aromatic rings. The van der Waals surface area contributed by atoms with Crippen LogP contribution in [0.3, 0.4) is 0 Å². The van der Waals surface area contributed by atoms with Gasteiger partial charge in [0.1, 0.15) is 0 Å². The predicted octanol–water partition coefficient (Wildman–Crippen LogP) is 0.868. The highest BCUT2D eigenvalue weighted by molar-refractivity contribution is 5.53. The Bertz CT molecular complexity index is 674. The maximum absolute atomic E-state index is 9.05. The number of hydrogen-bond acceptors (Lipinski definition) is 8. The van der Waals surface area contributed by atoms with Crippen LogP contribution in [0.1, 0.15) is 18.8 Å². The molecule has 134 valence electrons. The Kier molecular flexibility index (Phi) is 5.75. The Morgan fingerprint density at radius 1 is 1.12 bits per heavy atom. The molecule has 0 bridgehead atoms. The largest absolute Gasteiger partial charge is 0.395 e. The van der Waals surface area contributed by atoms with Gasteiger partial charge in [-0.25, -0.2) is 0 Å². The molecule has 4 N–H and O–H groups in total. The summed E-state index contributed by atoms with van der Waals surface area (Å²) < 4.78 is 0. The number of nitrogen functional groups attached to an aromatic ring is 1. The standard InChI is InChI=1S/C17H25N7O/c1-13(24-9-7-23(8-10-24)11-12-25)15-20-16(18)22-17(21-15)19-14-5-3-2-4-6-14/h2-6,13,25H,7-12H2,1H3,(H3,18,19,20,21,22)/t13-/m0/s1. The Morgan fingerprint density at radius 3 is 2.52 bits per heavy atom. The van der Waals surface area contributed by atoms with Crippen molar-refractivity contribution in [2.75, 3.05) is 50.4 Å². The van der Waals surface area contributed by atoms with Crippen LogP contribution in [0.5, 0.6) is 0 Å². The fraction of sp³-hybridized carbons (Fsp3) is 0.471. The number of β-amino-alcohol motifs (C(OH)–C–C–N with tert-alkyl or cyclic N) is 1. The van der Waals surface area contributed by atoms with Crippen LogP contribution >= 0.6 is 0 Å². The van der Waals surface area contributed by atoms with Crippen LogP contribution in [0.25, 0.3) is 0 Å². The minimum atomic E-state index is 0.0536. The van der Waals surface area contributed by atoms with E-state index in [4.69, 9.17) is 10.8 Å². The molecule has 1 atom stereocenters. The lowest BCUT2D eigenvalue weighted by molar-refractivity contribution is 0.0862. The van der Waals surface area contributed by atoms with Gasteiger partial charge in [0.05, 0.1) is 12.6 Å². The van der Waals surface area contributed by atoms with Gasteiger partial charge < -0.3 is 16.2 Å². The molecule has 8 heteroatoms. The second-order valence-corrected chi connectivity index (χ2v) is 6.14. The molecule has 1 aromatic carbocycles. The highest BCUT2D eigenvalue weighted by Gasteiger charge is 2.24. The number of nitrogens with zero attached hydrogens (tertiary/aromatic N) is 5. The molecule has 0 aliphatic carbocycles. The van der Waals surface area contributed by atoms with Crippen LogP contribution in [-0.4, -0.2) is 69.2 Å². The number of nitrogens with two attached hydrogens (primary N) is 1. The van der Waals surface area contributed by atoms with Crippen LogP contribution in [-0.2, 0) is 0 Å². The summed E-state index contributed by atoms with van der Waals surface area (Å²) in [4.78, 5) is 17.6. The van der Waals surface area contributed by atoms with E-state index >= 15 is 0 Å². The van der Waals surface area contributed by atoms with Crippen LogP contribution < -0.4 is 11.1 Å². The fourth-order valence-electron chi connectivity index (χ4n) is 2.98. The van der Waals surface area contributed by atoms with Crippen molar-refractivity contribution < 1.29 is 5.11 Å². The van der Waals surface area contributed by atoms with Crippen molar-refractivity contribution in [3.05, 3.63) is 36.2 Å². The number of aliphatic hydroxyl groups excluding tert-OH is 1. The van der Waals surface area contributed by atoms with E-state index < -0.39 is 0 Å². The van der Waals surface area contributed by atoms with Crippen molar-refractivity contribution in [3.8, 4) is 0 Å². The quantitative estimate of drug-likeness (QED) is 0.710. The summed E-state index contributed by atoms with van der Waals surface area (Å²) in [6, 6.07) is 9.80. The summed E-state index contributed by atoms with van der Waals surface area (Å²) in [7, 11) is 0. The number of piperazine rings is 1. The van der Waals surface area contributed by atoms with Gasteiger partial charge in [0.2, 0.25) is 11.9 Å². The zero-order valence-electron chi connectivity index (χ0n) is 14.5. The van der Waals surface area contributed by atoms with Crippen LogP contribution in [0.4, 0.5) is 17.6 Å². The number of anilines is 3. The molecule has 25 heavy (non-hydrogen) atoms. The van der Waals surface area contributed by atoms with Crippen molar-refractivity contribution in [3.63, 3.8) is 0 Å². The van der Waals surface area contributed by atoms with Crippen molar-refractivity contribution in [2.45, 2.75) is 13.0 Å². The van der Waals surface area contributed by atoms with Gasteiger partial charge in [-0.1, -0.05) is 18.2 Å². The Hall–Kier alpha value is -2.29. The number of nitrogens with one attached hydrogen (secondary N) is 1. The van der Waals surface area contributed by atoms with Crippen LogP contribution in [0.15, 0.2) is 30.3 Å². The van der Waals surface area contributed by atoms with Crippen LogP contribution in [0, 0.1) is 0 Å². The zero-order chi connectivity index (χ0) is 17.6. The van der Waals surface area contributed by atoms with Gasteiger partial charge in [0, 0.05) is 38.4 Å². The lowest BCUT2D eigenvalue weighted by Gasteiger charge is -2.37. The number of rotatable bonds is 6. The Balaban J connectivity index is 1.69. The maximum Gasteiger partial charge on any atom is 0.232 e. The van der Waals surface area contributed by atoms with E-state index in [9.17, 15) is 0 Å². The topological polar surface area (TPSA) is 103 Å². The summed E-state index contributed by atoms with van der Waals surface area (Å²) in [5.41, 5.74) is 6.79. The van der Waals surface area contributed by atoms with Crippen molar-refractivity contribution in [1.82, 2.24) is 24.8 Å². The molecule has 0 saturated carbocycles. The summed E-state index contributed by atoms with van der Waals surface area (Å²) in [5.74, 6) is 1.34. The summed E-state index contributed by atoms with van der Waals surface area (Å²) in [6.07, 6.45) is 0. The molecule has 0 amide bonds. The third-order valence-electron chi connectivity index (χ3n) is 4.44.